The van der Waals surface area contributed by atoms with E-state index in [2.05, 4.69) is 15.5 Å². The summed E-state index contributed by atoms with van der Waals surface area (Å²) < 4.78 is 28.4. The van der Waals surface area contributed by atoms with Crippen LogP contribution in [0.25, 0.3) is 5.69 Å². The molecule has 1 aromatic carbocycles. The number of hydrogen-bond acceptors (Lipinski definition) is 4. The standard InChI is InChI=1S/C16H11Cl2F2N5O2/c1-24-6-9(14(23-24)15(19)20)16(27)22-11-5-21-25(13(11)7-26)12-3-2-8(17)4-10(12)18/h2-7,15H,1H3,(H,22,27). The Bertz CT molecular complexity index is 1030. The largest absolute Gasteiger partial charge is 0.319 e. The van der Waals surface area contributed by atoms with Crippen LogP contribution in [-0.4, -0.2) is 31.8 Å². The molecule has 3 aromatic rings. The number of aromatic nitrogens is 4. The van der Waals surface area contributed by atoms with Gasteiger partial charge in [0.05, 0.1) is 28.2 Å². The summed E-state index contributed by atoms with van der Waals surface area (Å²) in [6, 6.07) is 4.58. The molecule has 0 radical (unpaired) electrons. The zero-order valence-corrected chi connectivity index (χ0v) is 15.2. The number of carbonyl (C=O) groups excluding carboxylic acids is 2. The minimum absolute atomic E-state index is 0.0185. The summed E-state index contributed by atoms with van der Waals surface area (Å²) in [5, 5.41) is 10.6. The molecular formula is C16H11Cl2F2N5O2. The molecule has 0 aliphatic rings. The van der Waals surface area contributed by atoms with Gasteiger partial charge in [0.15, 0.2) is 6.29 Å². The Kier molecular flexibility index (Phi) is 5.24. The van der Waals surface area contributed by atoms with E-state index in [0.29, 0.717) is 17.0 Å². The monoisotopic (exact) mass is 413 g/mol. The van der Waals surface area contributed by atoms with Gasteiger partial charge in [0.25, 0.3) is 12.3 Å². The highest BCUT2D eigenvalue weighted by atomic mass is 35.5. The molecule has 0 atom stereocenters. The van der Waals surface area contributed by atoms with Gasteiger partial charge >= 0.3 is 0 Å². The highest BCUT2D eigenvalue weighted by molar-refractivity contribution is 6.35. The number of aldehydes is 1. The first-order valence-corrected chi connectivity index (χ1v) is 8.19. The van der Waals surface area contributed by atoms with E-state index in [4.69, 9.17) is 23.2 Å². The van der Waals surface area contributed by atoms with Crippen LogP contribution in [0, 0.1) is 0 Å². The number of carbonyl (C=O) groups is 2. The second-order valence-corrected chi connectivity index (χ2v) is 6.27. The first-order chi connectivity index (χ1) is 12.8. The SMILES string of the molecule is Cn1cc(C(=O)Nc2cnn(-c3ccc(Cl)cc3Cl)c2C=O)c(C(F)F)n1. The van der Waals surface area contributed by atoms with Crippen LogP contribution >= 0.6 is 23.2 Å². The van der Waals surface area contributed by atoms with Crippen molar-refractivity contribution < 1.29 is 18.4 Å². The van der Waals surface area contributed by atoms with E-state index in [9.17, 15) is 18.4 Å². The molecule has 0 saturated carbocycles. The van der Waals surface area contributed by atoms with Crippen molar-refractivity contribution >= 4 is 41.1 Å². The third-order valence-corrected chi connectivity index (χ3v) is 4.15. The van der Waals surface area contributed by atoms with Crippen molar-refractivity contribution in [1.29, 1.82) is 0 Å². The van der Waals surface area contributed by atoms with Crippen molar-refractivity contribution in [2.24, 2.45) is 7.05 Å². The van der Waals surface area contributed by atoms with Gasteiger partial charge in [0, 0.05) is 18.3 Å². The van der Waals surface area contributed by atoms with Gasteiger partial charge in [0.1, 0.15) is 11.4 Å². The van der Waals surface area contributed by atoms with Crippen LogP contribution in [0.2, 0.25) is 10.0 Å². The number of hydrogen-bond donors (Lipinski definition) is 1. The van der Waals surface area contributed by atoms with Crippen LogP contribution in [0.15, 0.2) is 30.6 Å². The molecule has 3 rings (SSSR count). The lowest BCUT2D eigenvalue weighted by Crippen LogP contribution is -2.15. The lowest BCUT2D eigenvalue weighted by Gasteiger charge is -2.08. The molecule has 2 heterocycles. The Morgan fingerprint density at radius 2 is 2.07 bits per heavy atom. The van der Waals surface area contributed by atoms with Crippen molar-refractivity contribution in [3.8, 4) is 5.69 Å². The molecule has 0 saturated heterocycles. The fourth-order valence-corrected chi connectivity index (χ4v) is 2.93. The highest BCUT2D eigenvalue weighted by Crippen LogP contribution is 2.27. The molecule has 140 valence electrons. The van der Waals surface area contributed by atoms with Crippen LogP contribution in [-0.2, 0) is 7.05 Å². The van der Waals surface area contributed by atoms with E-state index in [0.717, 1.165) is 10.9 Å². The summed E-state index contributed by atoms with van der Waals surface area (Å²) in [4.78, 5) is 23.9. The number of anilines is 1. The molecule has 0 aliphatic heterocycles. The summed E-state index contributed by atoms with van der Waals surface area (Å²) >= 11 is 12.0. The number of aryl methyl sites for hydroxylation is 1. The van der Waals surface area contributed by atoms with Crippen molar-refractivity contribution in [2.75, 3.05) is 5.32 Å². The first kappa shape index (κ1) is 19.0. The lowest BCUT2D eigenvalue weighted by atomic mass is 10.2. The molecule has 2 aromatic heterocycles. The molecule has 0 spiro atoms. The van der Waals surface area contributed by atoms with Gasteiger partial charge in [-0.2, -0.15) is 10.2 Å². The topological polar surface area (TPSA) is 81.8 Å². The van der Waals surface area contributed by atoms with E-state index in [-0.39, 0.29) is 22.0 Å². The van der Waals surface area contributed by atoms with Crippen LogP contribution in [0.5, 0.6) is 0 Å². The van der Waals surface area contributed by atoms with E-state index in [1.807, 2.05) is 0 Å². The number of alkyl halides is 2. The normalized spacial score (nSPS) is 11.0. The summed E-state index contributed by atoms with van der Waals surface area (Å²) in [5.41, 5.74) is -0.587. The molecule has 7 nitrogen and oxygen atoms in total. The van der Waals surface area contributed by atoms with Crippen molar-refractivity contribution in [1.82, 2.24) is 19.6 Å². The van der Waals surface area contributed by atoms with Crippen molar-refractivity contribution in [3.63, 3.8) is 0 Å². The smallest absolute Gasteiger partial charge is 0.282 e. The summed E-state index contributed by atoms with van der Waals surface area (Å²) in [5.74, 6) is -0.844. The fraction of sp³-hybridized carbons (Fsp3) is 0.125. The van der Waals surface area contributed by atoms with Gasteiger partial charge in [-0.05, 0) is 18.2 Å². The summed E-state index contributed by atoms with van der Waals surface area (Å²) in [6.45, 7) is 0. The molecule has 0 fully saturated rings. The Morgan fingerprint density at radius 1 is 1.33 bits per heavy atom. The Balaban J connectivity index is 1.96. The number of amides is 1. The lowest BCUT2D eigenvalue weighted by molar-refractivity contribution is 0.101. The number of nitrogens with one attached hydrogen (secondary N) is 1. The van der Waals surface area contributed by atoms with Crippen molar-refractivity contribution in [2.45, 2.75) is 6.43 Å². The predicted octanol–water partition coefficient (Wildman–Crippen LogP) is 3.92. The van der Waals surface area contributed by atoms with E-state index in [1.165, 1.54) is 24.0 Å². The number of halogens is 4. The molecular weight excluding hydrogens is 403 g/mol. The average molecular weight is 414 g/mol. The van der Waals surface area contributed by atoms with Crippen LogP contribution in [0.1, 0.15) is 33.0 Å². The van der Waals surface area contributed by atoms with Crippen LogP contribution in [0.3, 0.4) is 0 Å². The number of benzene rings is 1. The molecule has 27 heavy (non-hydrogen) atoms. The number of nitrogens with zero attached hydrogens (tertiary/aromatic N) is 4. The third kappa shape index (κ3) is 3.69. The quantitative estimate of drug-likeness (QED) is 0.642. The Hall–Kier alpha value is -2.78. The zero-order valence-electron chi connectivity index (χ0n) is 13.7. The minimum Gasteiger partial charge on any atom is -0.319 e. The predicted molar refractivity (Wildman–Crippen MR) is 95.1 cm³/mol. The number of rotatable bonds is 5. The first-order valence-electron chi connectivity index (χ1n) is 7.43. The molecule has 1 N–H and O–H groups in total. The summed E-state index contributed by atoms with van der Waals surface area (Å²) in [7, 11) is 1.42. The Labute approximate surface area is 161 Å². The van der Waals surface area contributed by atoms with Gasteiger partial charge in [-0.25, -0.2) is 13.5 Å². The van der Waals surface area contributed by atoms with Crippen LogP contribution < -0.4 is 5.32 Å². The second kappa shape index (κ2) is 7.45. The highest BCUT2D eigenvalue weighted by Gasteiger charge is 2.24. The van der Waals surface area contributed by atoms with Gasteiger partial charge in [0.2, 0.25) is 0 Å². The zero-order chi connectivity index (χ0) is 19.7. The molecule has 0 unspecified atom stereocenters. The summed E-state index contributed by atoms with van der Waals surface area (Å²) in [6.07, 6.45) is -0.0821. The average Bonchev–Trinajstić information content (AvgIpc) is 3.18. The van der Waals surface area contributed by atoms with Gasteiger partial charge in [-0.1, -0.05) is 23.2 Å². The van der Waals surface area contributed by atoms with Gasteiger partial charge in [-0.15, -0.1) is 0 Å². The van der Waals surface area contributed by atoms with E-state index >= 15 is 0 Å². The van der Waals surface area contributed by atoms with Crippen LogP contribution in [0.4, 0.5) is 14.5 Å². The van der Waals surface area contributed by atoms with Gasteiger partial charge < -0.3 is 5.32 Å². The maximum absolute atomic E-state index is 13.0. The Morgan fingerprint density at radius 3 is 2.70 bits per heavy atom. The molecule has 0 bridgehead atoms. The second-order valence-electron chi connectivity index (χ2n) is 5.43. The fourth-order valence-electron chi connectivity index (χ4n) is 2.44. The maximum atomic E-state index is 13.0. The third-order valence-electron chi connectivity index (χ3n) is 3.61. The van der Waals surface area contributed by atoms with E-state index < -0.39 is 18.0 Å². The van der Waals surface area contributed by atoms with Crippen molar-refractivity contribution in [3.05, 3.63) is 57.6 Å². The minimum atomic E-state index is -2.92. The molecule has 1 amide bonds. The maximum Gasteiger partial charge on any atom is 0.282 e. The molecule has 0 aliphatic carbocycles. The molecule has 11 heteroatoms. The van der Waals surface area contributed by atoms with Gasteiger partial charge in [-0.3, -0.25) is 14.3 Å². The van der Waals surface area contributed by atoms with E-state index in [1.54, 1.807) is 12.1 Å².